The summed E-state index contributed by atoms with van der Waals surface area (Å²) in [6.45, 7) is 0.685. The van der Waals surface area contributed by atoms with Gasteiger partial charge in [-0.3, -0.25) is 0 Å². The van der Waals surface area contributed by atoms with Crippen LogP contribution in [0.2, 0.25) is 0 Å². The zero-order chi connectivity index (χ0) is 8.65. The summed E-state index contributed by atoms with van der Waals surface area (Å²) in [6, 6.07) is 0. The number of allylic oxidation sites excluding steroid dienone is 2. The molecule has 0 fully saturated rings. The third-order valence-electron chi connectivity index (χ3n) is 2.29. The second-order valence-electron chi connectivity index (χ2n) is 3.26. The molecule has 1 aliphatic carbocycles. The van der Waals surface area contributed by atoms with Crippen LogP contribution < -0.4 is 0 Å². The fraction of sp³-hybridized carbons (Fsp3) is 0.778. The molecule has 0 amide bonds. The van der Waals surface area contributed by atoms with Crippen LogP contribution in [0.4, 0.5) is 0 Å². The van der Waals surface area contributed by atoms with Gasteiger partial charge in [-0.2, -0.15) is 0 Å². The first-order chi connectivity index (χ1) is 5.93. The molecule has 0 saturated heterocycles. The second-order valence-corrected chi connectivity index (χ2v) is 3.26. The largest absolute Gasteiger partial charge is 0.0937 e. The highest BCUT2D eigenvalue weighted by Crippen LogP contribution is 2.18. The van der Waals surface area contributed by atoms with Crippen molar-refractivity contribution in [2.24, 2.45) is 11.0 Å². The van der Waals surface area contributed by atoms with Crippen LogP contribution in [-0.2, 0) is 0 Å². The SMILES string of the molecule is [N-]=[N+]=NCC1CCC=CCCC1. The van der Waals surface area contributed by atoms with Gasteiger partial charge in [0, 0.05) is 11.5 Å². The maximum atomic E-state index is 8.17. The first-order valence-electron chi connectivity index (χ1n) is 4.59. The molecule has 0 spiro atoms. The highest BCUT2D eigenvalue weighted by Gasteiger charge is 2.07. The molecule has 3 nitrogen and oxygen atoms in total. The minimum atomic E-state index is 0.617. The molecule has 0 aromatic heterocycles. The van der Waals surface area contributed by atoms with Crippen LogP contribution in [-0.4, -0.2) is 6.54 Å². The molecular formula is C9H15N3. The molecule has 0 saturated carbocycles. The van der Waals surface area contributed by atoms with E-state index in [1.807, 2.05) is 0 Å². The topological polar surface area (TPSA) is 48.8 Å². The number of nitrogens with zero attached hydrogens (tertiary/aromatic N) is 3. The smallest absolute Gasteiger partial charge is 0.0286 e. The van der Waals surface area contributed by atoms with Crippen LogP contribution >= 0.6 is 0 Å². The molecule has 1 aliphatic rings. The Morgan fingerprint density at radius 2 is 2.17 bits per heavy atom. The van der Waals surface area contributed by atoms with Crippen molar-refractivity contribution in [2.45, 2.75) is 32.1 Å². The second kappa shape index (κ2) is 5.67. The molecule has 3 heteroatoms. The van der Waals surface area contributed by atoms with Crippen LogP contribution in [0.1, 0.15) is 32.1 Å². The molecule has 1 atom stereocenters. The maximum Gasteiger partial charge on any atom is 0.0286 e. The van der Waals surface area contributed by atoms with Gasteiger partial charge in [-0.05, 0) is 37.1 Å². The minimum Gasteiger partial charge on any atom is -0.0937 e. The van der Waals surface area contributed by atoms with Crippen molar-refractivity contribution in [3.8, 4) is 0 Å². The number of azide groups is 1. The van der Waals surface area contributed by atoms with Gasteiger partial charge < -0.3 is 0 Å². The van der Waals surface area contributed by atoms with E-state index >= 15 is 0 Å². The van der Waals surface area contributed by atoms with Crippen molar-refractivity contribution in [1.82, 2.24) is 0 Å². The summed E-state index contributed by atoms with van der Waals surface area (Å²) in [7, 11) is 0. The molecular weight excluding hydrogens is 150 g/mol. The van der Waals surface area contributed by atoms with Crippen molar-refractivity contribution < 1.29 is 0 Å². The molecule has 1 unspecified atom stereocenters. The van der Waals surface area contributed by atoms with E-state index in [1.165, 1.54) is 25.7 Å². The lowest BCUT2D eigenvalue weighted by molar-refractivity contribution is 0.444. The Hall–Kier alpha value is -0.950. The van der Waals surface area contributed by atoms with Crippen LogP contribution in [0.15, 0.2) is 17.3 Å². The van der Waals surface area contributed by atoms with Crippen LogP contribution in [0, 0.1) is 5.92 Å². The van der Waals surface area contributed by atoms with E-state index in [1.54, 1.807) is 0 Å². The summed E-state index contributed by atoms with van der Waals surface area (Å²) < 4.78 is 0. The summed E-state index contributed by atoms with van der Waals surface area (Å²) in [4.78, 5) is 2.79. The van der Waals surface area contributed by atoms with E-state index < -0.39 is 0 Å². The van der Waals surface area contributed by atoms with Gasteiger partial charge in [0.15, 0.2) is 0 Å². The molecule has 1 rings (SSSR count). The summed E-state index contributed by atoms with van der Waals surface area (Å²) in [5, 5.41) is 3.62. The predicted octanol–water partition coefficient (Wildman–Crippen LogP) is 3.43. The monoisotopic (exact) mass is 165 g/mol. The Labute approximate surface area is 73.1 Å². The molecule has 12 heavy (non-hydrogen) atoms. The molecule has 0 aliphatic heterocycles. The fourth-order valence-corrected chi connectivity index (χ4v) is 1.57. The minimum absolute atomic E-state index is 0.617. The lowest BCUT2D eigenvalue weighted by atomic mass is 9.94. The van der Waals surface area contributed by atoms with E-state index in [9.17, 15) is 0 Å². The summed E-state index contributed by atoms with van der Waals surface area (Å²) in [5.41, 5.74) is 8.17. The van der Waals surface area contributed by atoms with Gasteiger partial charge in [-0.15, -0.1) is 0 Å². The Morgan fingerprint density at radius 3 is 3.00 bits per heavy atom. The van der Waals surface area contributed by atoms with Gasteiger partial charge in [-0.1, -0.05) is 23.7 Å². The lowest BCUT2D eigenvalue weighted by Gasteiger charge is -2.14. The Morgan fingerprint density at radius 1 is 1.33 bits per heavy atom. The molecule has 0 aromatic rings. The highest BCUT2D eigenvalue weighted by atomic mass is 15.1. The van der Waals surface area contributed by atoms with Gasteiger partial charge in [-0.25, -0.2) is 0 Å². The fourth-order valence-electron chi connectivity index (χ4n) is 1.57. The number of rotatable bonds is 2. The molecule has 0 aromatic carbocycles. The van der Waals surface area contributed by atoms with E-state index in [0.717, 1.165) is 6.42 Å². The van der Waals surface area contributed by atoms with Gasteiger partial charge in [0.05, 0.1) is 0 Å². The van der Waals surface area contributed by atoms with E-state index in [-0.39, 0.29) is 0 Å². The Bertz CT molecular complexity index is 192. The molecule has 0 bridgehead atoms. The van der Waals surface area contributed by atoms with Crippen molar-refractivity contribution >= 4 is 0 Å². The zero-order valence-electron chi connectivity index (χ0n) is 7.32. The van der Waals surface area contributed by atoms with E-state index in [0.29, 0.717) is 12.5 Å². The number of hydrogen-bond acceptors (Lipinski definition) is 1. The predicted molar refractivity (Wildman–Crippen MR) is 49.7 cm³/mol. The van der Waals surface area contributed by atoms with Gasteiger partial charge >= 0.3 is 0 Å². The van der Waals surface area contributed by atoms with Crippen LogP contribution in [0.25, 0.3) is 10.4 Å². The third kappa shape index (κ3) is 3.44. The van der Waals surface area contributed by atoms with Crippen molar-refractivity contribution in [2.75, 3.05) is 6.54 Å². The first-order valence-corrected chi connectivity index (χ1v) is 4.59. The average Bonchev–Trinajstić information content (AvgIpc) is 2.02. The van der Waals surface area contributed by atoms with Crippen molar-refractivity contribution in [3.63, 3.8) is 0 Å². The van der Waals surface area contributed by atoms with Crippen molar-refractivity contribution in [3.05, 3.63) is 22.6 Å². The van der Waals surface area contributed by atoms with Gasteiger partial charge in [0.1, 0.15) is 0 Å². The van der Waals surface area contributed by atoms with Gasteiger partial charge in [0.2, 0.25) is 0 Å². The van der Waals surface area contributed by atoms with Crippen LogP contribution in [0.3, 0.4) is 0 Å². The Kier molecular flexibility index (Phi) is 4.32. The zero-order valence-corrected chi connectivity index (χ0v) is 7.32. The standard InChI is InChI=1S/C9H15N3/c10-12-11-8-9-6-4-2-1-3-5-7-9/h1-2,9H,3-8H2. The molecule has 0 heterocycles. The number of hydrogen-bond donors (Lipinski definition) is 0. The lowest BCUT2D eigenvalue weighted by Crippen LogP contribution is -2.04. The maximum absolute atomic E-state index is 8.17. The van der Waals surface area contributed by atoms with E-state index in [4.69, 9.17) is 5.53 Å². The molecule has 0 N–H and O–H groups in total. The quantitative estimate of drug-likeness (QED) is 0.260. The van der Waals surface area contributed by atoms with Crippen LogP contribution in [0.5, 0.6) is 0 Å². The third-order valence-corrected chi connectivity index (χ3v) is 2.29. The van der Waals surface area contributed by atoms with E-state index in [2.05, 4.69) is 22.2 Å². The first kappa shape index (κ1) is 9.14. The average molecular weight is 165 g/mol. The van der Waals surface area contributed by atoms with Gasteiger partial charge in [0.25, 0.3) is 0 Å². The summed E-state index contributed by atoms with van der Waals surface area (Å²) in [5.74, 6) is 0.617. The molecule has 66 valence electrons. The Balaban J connectivity index is 2.31. The summed E-state index contributed by atoms with van der Waals surface area (Å²) in [6.07, 6.45) is 10.4. The molecule has 0 radical (unpaired) electrons. The summed E-state index contributed by atoms with van der Waals surface area (Å²) >= 11 is 0. The van der Waals surface area contributed by atoms with Crippen molar-refractivity contribution in [1.29, 1.82) is 0 Å². The highest BCUT2D eigenvalue weighted by molar-refractivity contribution is 4.85. The normalized spacial score (nSPS) is 23.8.